The molecular weight excluding hydrogens is 314 g/mol. The van der Waals surface area contributed by atoms with Gasteiger partial charge in [-0.15, -0.1) is 0 Å². The van der Waals surface area contributed by atoms with E-state index in [4.69, 9.17) is 4.74 Å². The van der Waals surface area contributed by atoms with E-state index in [-0.39, 0.29) is 5.91 Å². The van der Waals surface area contributed by atoms with E-state index in [0.717, 1.165) is 35.7 Å². The molecule has 1 aromatic carbocycles. The summed E-state index contributed by atoms with van der Waals surface area (Å²) in [5.41, 5.74) is 4.28. The van der Waals surface area contributed by atoms with Gasteiger partial charge in [0, 0.05) is 24.2 Å². The zero-order chi connectivity index (χ0) is 17.6. The zero-order valence-electron chi connectivity index (χ0n) is 15.2. The maximum absolute atomic E-state index is 12.9. The van der Waals surface area contributed by atoms with E-state index in [9.17, 15) is 4.79 Å². The van der Waals surface area contributed by atoms with Crippen LogP contribution in [0, 0.1) is 18.8 Å². The second kappa shape index (κ2) is 6.21. The van der Waals surface area contributed by atoms with Crippen LogP contribution < -0.4 is 4.74 Å². The minimum atomic E-state index is 0.157. The number of aromatic nitrogens is 2. The molecule has 1 amide bonds. The van der Waals surface area contributed by atoms with Crippen LogP contribution >= 0.6 is 0 Å². The van der Waals surface area contributed by atoms with E-state index >= 15 is 0 Å². The van der Waals surface area contributed by atoms with Crippen LogP contribution in [0.15, 0.2) is 24.4 Å². The van der Waals surface area contributed by atoms with Gasteiger partial charge in [0.25, 0.3) is 0 Å². The predicted molar refractivity (Wildman–Crippen MR) is 96.3 cm³/mol. The summed E-state index contributed by atoms with van der Waals surface area (Å²) in [5, 5.41) is 4.49. The Morgan fingerprint density at radius 1 is 1.28 bits per heavy atom. The minimum Gasteiger partial charge on any atom is -0.488 e. The van der Waals surface area contributed by atoms with Crippen molar-refractivity contribution in [2.45, 2.75) is 40.3 Å². The summed E-state index contributed by atoms with van der Waals surface area (Å²) in [4.78, 5) is 14.9. The monoisotopic (exact) mass is 339 g/mol. The highest BCUT2D eigenvalue weighted by atomic mass is 16.5. The number of carbonyl (C=O) groups excluding carboxylic acids is 1. The quantitative estimate of drug-likeness (QED) is 0.844. The van der Waals surface area contributed by atoms with Crippen LogP contribution in [0.2, 0.25) is 0 Å². The molecule has 5 nitrogen and oxygen atoms in total. The van der Waals surface area contributed by atoms with Crippen LogP contribution in [-0.2, 0) is 17.9 Å². The fourth-order valence-electron chi connectivity index (χ4n) is 4.17. The molecule has 1 fully saturated rings. The summed E-state index contributed by atoms with van der Waals surface area (Å²) in [7, 11) is 0. The molecule has 0 spiro atoms. The van der Waals surface area contributed by atoms with Gasteiger partial charge in [-0.1, -0.05) is 25.5 Å². The molecule has 0 radical (unpaired) electrons. The van der Waals surface area contributed by atoms with Crippen LogP contribution in [0.1, 0.15) is 31.4 Å². The first-order valence-electron chi connectivity index (χ1n) is 9.07. The number of carbonyl (C=O) groups is 1. The minimum absolute atomic E-state index is 0.157. The second-order valence-corrected chi connectivity index (χ2v) is 7.71. The lowest BCUT2D eigenvalue weighted by molar-refractivity contribution is -0.134. The number of hydrogen-bond acceptors (Lipinski definition) is 3. The van der Waals surface area contributed by atoms with Gasteiger partial charge in [-0.05, 0) is 37.3 Å². The van der Waals surface area contributed by atoms with Crippen molar-refractivity contribution in [1.82, 2.24) is 14.7 Å². The molecule has 1 saturated heterocycles. The molecule has 5 heteroatoms. The van der Waals surface area contributed by atoms with Crippen molar-refractivity contribution in [3.05, 3.63) is 35.5 Å². The van der Waals surface area contributed by atoms with Crippen molar-refractivity contribution in [1.29, 1.82) is 0 Å². The number of likely N-dealkylation sites (tertiary alicyclic amines) is 1. The van der Waals surface area contributed by atoms with Crippen molar-refractivity contribution < 1.29 is 9.53 Å². The topological polar surface area (TPSA) is 47.4 Å². The van der Waals surface area contributed by atoms with E-state index in [1.165, 1.54) is 12.0 Å². The number of fused-ring (bicyclic) bond motifs is 3. The molecule has 0 saturated carbocycles. The average molecular weight is 339 g/mol. The third-order valence-corrected chi connectivity index (χ3v) is 5.20. The third kappa shape index (κ3) is 3.03. The summed E-state index contributed by atoms with van der Waals surface area (Å²) < 4.78 is 7.67. The first-order valence-corrected chi connectivity index (χ1v) is 9.07. The Morgan fingerprint density at radius 2 is 2.04 bits per heavy atom. The van der Waals surface area contributed by atoms with Crippen molar-refractivity contribution in [2.24, 2.45) is 11.8 Å². The molecule has 2 aliphatic heterocycles. The van der Waals surface area contributed by atoms with Gasteiger partial charge in [-0.2, -0.15) is 5.10 Å². The molecule has 0 bridgehead atoms. The van der Waals surface area contributed by atoms with Crippen LogP contribution in [0.4, 0.5) is 0 Å². The lowest BCUT2D eigenvalue weighted by Crippen LogP contribution is -2.44. The average Bonchev–Trinajstić information content (AvgIpc) is 2.97. The van der Waals surface area contributed by atoms with E-state index in [1.54, 1.807) is 0 Å². The van der Waals surface area contributed by atoms with Gasteiger partial charge in [0.05, 0.1) is 11.9 Å². The van der Waals surface area contributed by atoms with Gasteiger partial charge in [0.2, 0.25) is 5.91 Å². The van der Waals surface area contributed by atoms with Crippen LogP contribution in [0.25, 0.3) is 11.3 Å². The van der Waals surface area contributed by atoms with Gasteiger partial charge < -0.3 is 9.64 Å². The molecular formula is C20H25N3O2. The van der Waals surface area contributed by atoms with Crippen LogP contribution in [-0.4, -0.2) is 33.7 Å². The van der Waals surface area contributed by atoms with Gasteiger partial charge in [-0.25, -0.2) is 0 Å². The third-order valence-electron chi connectivity index (χ3n) is 5.20. The fraction of sp³-hybridized carbons (Fsp3) is 0.500. The Morgan fingerprint density at radius 3 is 2.80 bits per heavy atom. The standard InChI is InChI=1S/C20H25N3O2/c1-13-4-5-18-17(7-13)20-16(12-25-18)8-21-23(20)11-19(24)22-9-14(2)6-15(3)10-22/h4-5,7-8,14-15H,6,9-12H2,1-3H3/t14-,15-/m0/s1. The normalized spacial score (nSPS) is 22.1. The number of amides is 1. The lowest BCUT2D eigenvalue weighted by Gasteiger charge is -2.35. The smallest absolute Gasteiger partial charge is 0.244 e. The molecule has 0 aliphatic carbocycles. The van der Waals surface area contributed by atoms with E-state index < -0.39 is 0 Å². The van der Waals surface area contributed by atoms with Crippen molar-refractivity contribution in [3.63, 3.8) is 0 Å². The number of aryl methyl sites for hydroxylation is 1. The van der Waals surface area contributed by atoms with Crippen molar-refractivity contribution >= 4 is 5.91 Å². The Labute approximate surface area is 148 Å². The highest BCUT2D eigenvalue weighted by Crippen LogP contribution is 2.38. The van der Waals surface area contributed by atoms with Gasteiger partial charge >= 0.3 is 0 Å². The number of benzene rings is 1. The van der Waals surface area contributed by atoms with Gasteiger partial charge in [0.1, 0.15) is 18.9 Å². The molecule has 0 N–H and O–H groups in total. The Balaban J connectivity index is 1.61. The van der Waals surface area contributed by atoms with E-state index in [1.807, 2.05) is 27.9 Å². The molecule has 1 aromatic heterocycles. The molecule has 3 heterocycles. The first-order chi connectivity index (χ1) is 12.0. The maximum Gasteiger partial charge on any atom is 0.244 e. The molecule has 4 rings (SSSR count). The Kier molecular flexibility index (Phi) is 4.02. The fourth-order valence-corrected chi connectivity index (χ4v) is 4.17. The summed E-state index contributed by atoms with van der Waals surface area (Å²) in [5.74, 6) is 2.16. The van der Waals surface area contributed by atoms with E-state index in [0.29, 0.717) is 25.0 Å². The second-order valence-electron chi connectivity index (χ2n) is 7.71. The molecule has 2 aromatic rings. The van der Waals surface area contributed by atoms with Crippen LogP contribution in [0.3, 0.4) is 0 Å². The predicted octanol–water partition coefficient (Wildman–Crippen LogP) is 3.26. The van der Waals surface area contributed by atoms with E-state index in [2.05, 4.69) is 31.9 Å². The van der Waals surface area contributed by atoms with Crippen molar-refractivity contribution in [2.75, 3.05) is 13.1 Å². The SMILES string of the molecule is Cc1ccc2c(c1)-c1c(cnn1CC(=O)N1C[C@@H](C)C[C@H](C)C1)CO2. The molecule has 25 heavy (non-hydrogen) atoms. The number of rotatable bonds is 2. The molecule has 0 unspecified atom stereocenters. The largest absolute Gasteiger partial charge is 0.488 e. The van der Waals surface area contributed by atoms with Gasteiger partial charge in [-0.3, -0.25) is 9.48 Å². The first kappa shape index (κ1) is 16.2. The number of nitrogens with zero attached hydrogens (tertiary/aromatic N) is 3. The van der Waals surface area contributed by atoms with Crippen molar-refractivity contribution in [3.8, 4) is 17.0 Å². The Bertz CT molecular complexity index is 801. The summed E-state index contributed by atoms with van der Waals surface area (Å²) in [6.07, 6.45) is 3.03. The molecule has 2 aliphatic rings. The van der Waals surface area contributed by atoms with Crippen LogP contribution in [0.5, 0.6) is 5.75 Å². The zero-order valence-corrected chi connectivity index (χ0v) is 15.2. The maximum atomic E-state index is 12.9. The van der Waals surface area contributed by atoms with Gasteiger partial charge in [0.15, 0.2) is 0 Å². The summed E-state index contributed by atoms with van der Waals surface area (Å²) >= 11 is 0. The lowest BCUT2D eigenvalue weighted by atomic mass is 9.92. The highest BCUT2D eigenvalue weighted by Gasteiger charge is 2.28. The summed E-state index contributed by atoms with van der Waals surface area (Å²) in [6, 6.07) is 6.16. The Hall–Kier alpha value is -2.30. The molecule has 132 valence electrons. The number of ether oxygens (including phenoxy) is 1. The number of piperidine rings is 1. The number of hydrogen-bond donors (Lipinski definition) is 0. The summed E-state index contributed by atoms with van der Waals surface area (Å²) in [6.45, 7) is 9.03. The highest BCUT2D eigenvalue weighted by molar-refractivity contribution is 5.78. The molecule has 2 atom stereocenters.